The minimum absolute atomic E-state index is 0.142. The molecule has 0 amide bonds. The normalized spacial score (nSPS) is 12.3. The summed E-state index contributed by atoms with van der Waals surface area (Å²) in [4.78, 5) is 4.58. The van der Waals surface area contributed by atoms with Crippen molar-refractivity contribution in [2.75, 3.05) is 7.11 Å². The molecule has 5 heteroatoms. The van der Waals surface area contributed by atoms with E-state index in [1.165, 1.54) is 0 Å². The lowest BCUT2D eigenvalue weighted by molar-refractivity contribution is 0.405. The number of benzene rings is 1. The molecule has 1 atom stereocenters. The van der Waals surface area contributed by atoms with Crippen molar-refractivity contribution >= 4 is 11.3 Å². The topological polar surface area (TPSA) is 61.3 Å². The Labute approximate surface area is 127 Å². The summed E-state index contributed by atoms with van der Waals surface area (Å²) in [5, 5.41) is 2.98. The summed E-state index contributed by atoms with van der Waals surface area (Å²) in [6.45, 7) is 0. The standard InChI is InChI=1S/C16H16N2O2S/c1-19-14-6-3-2-5-11(14)12(17)9-16-18-13(10-21-16)15-7-4-8-20-15/h2-8,10,12H,9,17H2,1H3. The zero-order chi connectivity index (χ0) is 14.7. The number of thiazole rings is 1. The van der Waals surface area contributed by atoms with E-state index in [4.69, 9.17) is 14.9 Å². The zero-order valence-electron chi connectivity index (χ0n) is 11.7. The van der Waals surface area contributed by atoms with E-state index in [9.17, 15) is 0 Å². The Bertz CT molecular complexity index is 707. The summed E-state index contributed by atoms with van der Waals surface area (Å²) >= 11 is 1.59. The average molecular weight is 300 g/mol. The molecule has 3 rings (SSSR count). The Hall–Kier alpha value is -2.11. The highest BCUT2D eigenvalue weighted by molar-refractivity contribution is 7.09. The van der Waals surface area contributed by atoms with E-state index in [0.29, 0.717) is 6.42 Å². The number of nitrogens with zero attached hydrogens (tertiary/aromatic N) is 1. The highest BCUT2D eigenvalue weighted by atomic mass is 32.1. The van der Waals surface area contributed by atoms with Crippen molar-refractivity contribution in [3.63, 3.8) is 0 Å². The zero-order valence-corrected chi connectivity index (χ0v) is 12.5. The molecule has 4 nitrogen and oxygen atoms in total. The second-order valence-electron chi connectivity index (χ2n) is 4.66. The third kappa shape index (κ3) is 2.99. The molecule has 108 valence electrons. The van der Waals surface area contributed by atoms with Crippen molar-refractivity contribution in [2.24, 2.45) is 5.73 Å². The molecule has 0 saturated heterocycles. The van der Waals surface area contributed by atoms with Gasteiger partial charge in [-0.2, -0.15) is 0 Å². The fourth-order valence-electron chi connectivity index (χ4n) is 2.21. The summed E-state index contributed by atoms with van der Waals surface area (Å²) < 4.78 is 10.7. The van der Waals surface area contributed by atoms with Gasteiger partial charge >= 0.3 is 0 Å². The highest BCUT2D eigenvalue weighted by Crippen LogP contribution is 2.28. The third-order valence-electron chi connectivity index (χ3n) is 3.26. The second-order valence-corrected chi connectivity index (χ2v) is 5.60. The first-order valence-corrected chi connectivity index (χ1v) is 7.52. The smallest absolute Gasteiger partial charge is 0.153 e. The van der Waals surface area contributed by atoms with E-state index in [1.54, 1.807) is 24.7 Å². The molecule has 2 aromatic heterocycles. The van der Waals surface area contributed by atoms with Crippen molar-refractivity contribution in [1.29, 1.82) is 0 Å². The molecule has 3 aromatic rings. The molecule has 0 bridgehead atoms. The van der Waals surface area contributed by atoms with Crippen LogP contribution in [0.4, 0.5) is 0 Å². The summed E-state index contributed by atoms with van der Waals surface area (Å²) in [5.41, 5.74) is 8.14. The van der Waals surface area contributed by atoms with Gasteiger partial charge in [0.05, 0.1) is 18.4 Å². The molecule has 21 heavy (non-hydrogen) atoms. The van der Waals surface area contributed by atoms with E-state index in [2.05, 4.69) is 4.98 Å². The van der Waals surface area contributed by atoms with Gasteiger partial charge in [0, 0.05) is 23.4 Å². The SMILES string of the molecule is COc1ccccc1C(N)Cc1nc(-c2ccco2)cs1. The molecule has 0 fully saturated rings. The molecule has 1 unspecified atom stereocenters. The fraction of sp³-hybridized carbons (Fsp3) is 0.188. The van der Waals surface area contributed by atoms with Crippen molar-refractivity contribution in [3.05, 3.63) is 58.6 Å². The minimum atomic E-state index is -0.142. The van der Waals surface area contributed by atoms with Gasteiger partial charge in [-0.25, -0.2) is 4.98 Å². The maximum Gasteiger partial charge on any atom is 0.153 e. The lowest BCUT2D eigenvalue weighted by Crippen LogP contribution is -2.14. The summed E-state index contributed by atoms with van der Waals surface area (Å²) in [6, 6.07) is 11.4. The largest absolute Gasteiger partial charge is 0.496 e. The lowest BCUT2D eigenvalue weighted by Gasteiger charge is -2.14. The summed E-state index contributed by atoms with van der Waals surface area (Å²) in [6.07, 6.45) is 2.32. The van der Waals surface area contributed by atoms with Gasteiger partial charge in [-0.05, 0) is 18.2 Å². The number of rotatable bonds is 5. The van der Waals surface area contributed by atoms with E-state index in [1.807, 2.05) is 41.8 Å². The maximum atomic E-state index is 6.29. The van der Waals surface area contributed by atoms with Gasteiger partial charge in [0.25, 0.3) is 0 Å². The van der Waals surface area contributed by atoms with Crippen LogP contribution in [0.1, 0.15) is 16.6 Å². The first-order valence-electron chi connectivity index (χ1n) is 6.64. The molecule has 0 aliphatic heterocycles. The summed E-state index contributed by atoms with van der Waals surface area (Å²) in [5.74, 6) is 1.59. The molecular weight excluding hydrogens is 284 g/mol. The van der Waals surface area contributed by atoms with Crippen molar-refractivity contribution in [2.45, 2.75) is 12.5 Å². The number of hydrogen-bond donors (Lipinski definition) is 1. The summed E-state index contributed by atoms with van der Waals surface area (Å²) in [7, 11) is 1.66. The van der Waals surface area contributed by atoms with Gasteiger partial charge in [-0.1, -0.05) is 18.2 Å². The van der Waals surface area contributed by atoms with E-state index >= 15 is 0 Å². The number of para-hydroxylation sites is 1. The Morgan fingerprint density at radius 3 is 2.90 bits per heavy atom. The number of methoxy groups -OCH3 is 1. The van der Waals surface area contributed by atoms with Crippen LogP contribution in [-0.2, 0) is 6.42 Å². The lowest BCUT2D eigenvalue weighted by atomic mass is 10.0. The molecule has 2 heterocycles. The Morgan fingerprint density at radius 2 is 2.14 bits per heavy atom. The number of nitrogens with two attached hydrogens (primary N) is 1. The van der Waals surface area contributed by atoms with Crippen LogP contribution in [0, 0.1) is 0 Å². The Kier molecular flexibility index (Phi) is 4.03. The second kappa shape index (κ2) is 6.11. The van der Waals surface area contributed by atoms with Crippen LogP contribution in [-0.4, -0.2) is 12.1 Å². The van der Waals surface area contributed by atoms with Crippen molar-refractivity contribution in [1.82, 2.24) is 4.98 Å². The predicted molar refractivity (Wildman–Crippen MR) is 83.4 cm³/mol. The third-order valence-corrected chi connectivity index (χ3v) is 4.13. The molecular formula is C16H16N2O2S. The van der Waals surface area contributed by atoms with Gasteiger partial charge < -0.3 is 14.9 Å². The molecule has 0 saturated carbocycles. The van der Waals surface area contributed by atoms with E-state index < -0.39 is 0 Å². The van der Waals surface area contributed by atoms with Crippen LogP contribution in [0.25, 0.3) is 11.5 Å². The molecule has 0 aliphatic rings. The fourth-order valence-corrected chi connectivity index (χ4v) is 3.06. The number of hydrogen-bond acceptors (Lipinski definition) is 5. The maximum absolute atomic E-state index is 6.29. The highest BCUT2D eigenvalue weighted by Gasteiger charge is 2.15. The van der Waals surface area contributed by atoms with Gasteiger partial charge in [0.2, 0.25) is 0 Å². The van der Waals surface area contributed by atoms with Crippen LogP contribution in [0.2, 0.25) is 0 Å². The number of furan rings is 1. The first-order chi connectivity index (χ1) is 10.3. The van der Waals surface area contributed by atoms with Crippen molar-refractivity contribution in [3.8, 4) is 17.2 Å². The quantitative estimate of drug-likeness (QED) is 0.781. The molecule has 0 aliphatic carbocycles. The van der Waals surface area contributed by atoms with Gasteiger partial charge in [0.15, 0.2) is 5.76 Å². The minimum Gasteiger partial charge on any atom is -0.496 e. The molecule has 2 N–H and O–H groups in total. The van der Waals surface area contributed by atoms with Crippen LogP contribution >= 0.6 is 11.3 Å². The van der Waals surface area contributed by atoms with Crippen LogP contribution in [0.15, 0.2) is 52.5 Å². The molecule has 0 radical (unpaired) electrons. The van der Waals surface area contributed by atoms with Gasteiger partial charge in [-0.3, -0.25) is 0 Å². The molecule has 1 aromatic carbocycles. The van der Waals surface area contributed by atoms with Crippen LogP contribution in [0.5, 0.6) is 5.75 Å². The predicted octanol–water partition coefficient (Wildman–Crippen LogP) is 3.65. The van der Waals surface area contributed by atoms with Gasteiger partial charge in [0.1, 0.15) is 11.4 Å². The number of ether oxygens (including phenoxy) is 1. The van der Waals surface area contributed by atoms with Crippen molar-refractivity contribution < 1.29 is 9.15 Å². The Morgan fingerprint density at radius 1 is 1.29 bits per heavy atom. The Balaban J connectivity index is 1.77. The van der Waals surface area contributed by atoms with Gasteiger partial charge in [-0.15, -0.1) is 11.3 Å². The van der Waals surface area contributed by atoms with Crippen LogP contribution in [0.3, 0.4) is 0 Å². The number of aromatic nitrogens is 1. The monoisotopic (exact) mass is 300 g/mol. The molecule has 0 spiro atoms. The van der Waals surface area contributed by atoms with Crippen LogP contribution < -0.4 is 10.5 Å². The van der Waals surface area contributed by atoms with E-state index in [0.717, 1.165) is 27.8 Å². The first kappa shape index (κ1) is 13.9. The van der Waals surface area contributed by atoms with E-state index in [-0.39, 0.29) is 6.04 Å². The average Bonchev–Trinajstić information content (AvgIpc) is 3.17.